The van der Waals surface area contributed by atoms with Crippen molar-refractivity contribution < 1.29 is 29.3 Å². The maximum Gasteiger partial charge on any atom is 0.195 e. The Morgan fingerprint density at radius 1 is 0.842 bits per heavy atom. The molecule has 2 heterocycles. The maximum absolute atomic E-state index is 13.6. The van der Waals surface area contributed by atoms with E-state index in [2.05, 4.69) is 18.7 Å². The number of carbonyl (C=O) groups is 3. The van der Waals surface area contributed by atoms with Gasteiger partial charge in [0.25, 0.3) is 0 Å². The number of piperidine rings is 1. The first kappa shape index (κ1) is 39.6. The first-order valence-corrected chi connectivity index (χ1v) is 22.1. The molecule has 0 amide bonds. The zero-order valence-electron chi connectivity index (χ0n) is 33.7. The topological polar surface area (TPSA) is 104 Å². The second-order valence-electron chi connectivity index (χ2n) is 17.9. The highest BCUT2D eigenvalue weighted by Gasteiger charge is 2.59. The molecule has 0 radical (unpaired) electrons. The number of hydrogen-bond donors (Lipinski definition) is 2. The molecule has 7 nitrogen and oxygen atoms in total. The number of carbonyl (C=O) groups excluding carboxylic acids is 3. The van der Waals surface area contributed by atoms with Crippen molar-refractivity contribution in [3.8, 4) is 27.7 Å². The smallest absolute Gasteiger partial charge is 0.195 e. The van der Waals surface area contributed by atoms with E-state index in [9.17, 15) is 24.6 Å². The molecular formula is C49H57NO6S. The monoisotopic (exact) mass is 787 g/mol. The van der Waals surface area contributed by atoms with Gasteiger partial charge in [0.15, 0.2) is 11.6 Å². The molecule has 4 fully saturated rings. The van der Waals surface area contributed by atoms with Gasteiger partial charge in [-0.05, 0) is 185 Å². The summed E-state index contributed by atoms with van der Waals surface area (Å²) in [7, 11) is 0. The van der Waals surface area contributed by atoms with E-state index in [1.54, 1.807) is 49.4 Å². The molecular weight excluding hydrogens is 731 g/mol. The Kier molecular flexibility index (Phi) is 11.2. The molecule has 5 aliphatic rings. The van der Waals surface area contributed by atoms with Gasteiger partial charge in [-0.3, -0.25) is 19.3 Å². The zero-order valence-corrected chi connectivity index (χ0v) is 34.5. The number of hydrogen-bond acceptors (Lipinski definition) is 8. The second-order valence-corrected chi connectivity index (χ2v) is 18.9. The average molecular weight is 788 g/mol. The van der Waals surface area contributed by atoms with E-state index in [-0.39, 0.29) is 28.1 Å². The number of ketones is 3. The number of rotatable bonds is 8. The van der Waals surface area contributed by atoms with Crippen molar-refractivity contribution in [1.82, 2.24) is 4.90 Å². The van der Waals surface area contributed by atoms with Crippen molar-refractivity contribution in [1.29, 1.82) is 0 Å². The summed E-state index contributed by atoms with van der Waals surface area (Å²) in [5, 5.41) is 20.4. The Bertz CT molecular complexity index is 2160. The summed E-state index contributed by atoms with van der Waals surface area (Å²) < 4.78 is 6.76. The number of fused-ring (bicyclic) bond motifs is 6. The van der Waals surface area contributed by atoms with Crippen molar-refractivity contribution in [3.05, 3.63) is 89.5 Å². The summed E-state index contributed by atoms with van der Waals surface area (Å²) in [5.74, 6) is 4.30. The Balaban J connectivity index is 0.000000172. The van der Waals surface area contributed by atoms with Crippen LogP contribution in [-0.2, 0) is 9.59 Å². The van der Waals surface area contributed by atoms with Crippen LogP contribution in [0.4, 0.5) is 0 Å². The van der Waals surface area contributed by atoms with Crippen molar-refractivity contribution in [2.45, 2.75) is 91.4 Å². The highest BCUT2D eigenvalue weighted by atomic mass is 32.1. The minimum atomic E-state index is -0.0834. The van der Waals surface area contributed by atoms with Crippen LogP contribution >= 0.6 is 11.3 Å². The summed E-state index contributed by atoms with van der Waals surface area (Å²) >= 11 is 1.46. The number of benzene rings is 3. The maximum atomic E-state index is 13.6. The van der Waals surface area contributed by atoms with E-state index >= 15 is 0 Å². The average Bonchev–Trinajstić information content (AvgIpc) is 3.77. The SMILES string of the molecule is CC(=O)[C@H]1CC[C@H]2[C@@H]3CCC4=CC(=O)CC[C@]4(C)[C@H]3CC[C@]12C.O=C(c1ccc(OCCN2CCCCC2)cc1)c1c(-c2ccc(O)cc2)sc2cc(O)ccc12. The molecule has 4 aromatic rings. The lowest BCUT2D eigenvalue weighted by Crippen LogP contribution is -2.51. The van der Waals surface area contributed by atoms with E-state index in [0.29, 0.717) is 35.2 Å². The Morgan fingerprint density at radius 3 is 2.32 bits per heavy atom. The number of thiophene rings is 1. The highest BCUT2D eigenvalue weighted by Crippen LogP contribution is 2.66. The van der Waals surface area contributed by atoms with Crippen LogP contribution in [0, 0.1) is 34.5 Å². The molecule has 1 saturated heterocycles. The first-order chi connectivity index (χ1) is 27.4. The van der Waals surface area contributed by atoms with Gasteiger partial charge in [0.2, 0.25) is 0 Å². The summed E-state index contributed by atoms with van der Waals surface area (Å²) in [6.45, 7) is 10.5. The number of phenolic OH excluding ortho intramolecular Hbond substituents is 2. The fourth-order valence-electron chi connectivity index (χ4n) is 11.7. The van der Waals surface area contributed by atoms with Gasteiger partial charge in [-0.2, -0.15) is 0 Å². The van der Waals surface area contributed by atoms with Gasteiger partial charge in [-0.25, -0.2) is 0 Å². The highest BCUT2D eigenvalue weighted by molar-refractivity contribution is 7.22. The van der Waals surface area contributed by atoms with Crippen molar-refractivity contribution in [3.63, 3.8) is 0 Å². The standard InChI is InChI=1S/C28H27NO4S.C21H30O2/c30-21-8-4-20(5-9-21)28-26(24-13-10-22(31)18-25(24)34-28)27(32)19-6-11-23(12-7-19)33-17-16-29-14-2-1-3-15-29;1-13(22)17-6-7-18-16-5-4-14-12-15(23)8-10-20(14,2)19(16)9-11-21(17,18)3/h4-13,18,30-31H,1-3,14-17H2;12,16-19H,4-11H2,1-3H3/t;16-,17+,18-,19-,20-,21+/m.0/s1. The van der Waals surface area contributed by atoms with E-state index < -0.39 is 0 Å². The summed E-state index contributed by atoms with van der Waals surface area (Å²) in [6.07, 6.45) is 14.8. The quantitative estimate of drug-likeness (QED) is 0.171. The molecule has 6 atom stereocenters. The number of phenols is 2. The normalized spacial score (nSPS) is 28.3. The lowest BCUT2D eigenvalue weighted by molar-refractivity contribution is -0.128. The predicted octanol–water partition coefficient (Wildman–Crippen LogP) is 10.8. The summed E-state index contributed by atoms with van der Waals surface area (Å²) in [5.41, 5.74) is 3.97. The van der Waals surface area contributed by atoms with Crippen LogP contribution in [-0.4, -0.2) is 58.7 Å². The molecule has 0 spiro atoms. The number of Topliss-reactive ketones (excluding diaryl/α,β-unsaturated/α-hetero) is 1. The molecule has 0 bridgehead atoms. The summed E-state index contributed by atoms with van der Waals surface area (Å²) in [6, 6.07) is 19.2. The third-order valence-corrected chi connectivity index (χ3v) is 15.9. The lowest BCUT2D eigenvalue weighted by atomic mass is 9.47. The Labute approximate surface area is 341 Å². The van der Waals surface area contributed by atoms with Gasteiger partial charge in [-0.15, -0.1) is 11.3 Å². The molecule has 3 saturated carbocycles. The van der Waals surface area contributed by atoms with E-state index in [4.69, 9.17) is 4.74 Å². The van der Waals surface area contributed by atoms with Crippen LogP contribution in [0.1, 0.15) is 107 Å². The molecule has 2 N–H and O–H groups in total. The van der Waals surface area contributed by atoms with Crippen LogP contribution in [0.5, 0.6) is 17.2 Å². The van der Waals surface area contributed by atoms with Gasteiger partial charge >= 0.3 is 0 Å². The van der Waals surface area contributed by atoms with Crippen molar-refractivity contribution in [2.24, 2.45) is 34.5 Å². The largest absolute Gasteiger partial charge is 0.508 e. The predicted molar refractivity (Wildman–Crippen MR) is 227 cm³/mol. The Hall–Kier alpha value is -4.27. The molecule has 1 aromatic heterocycles. The number of nitrogens with zero attached hydrogens (tertiary/aromatic N) is 1. The molecule has 1 aliphatic heterocycles. The lowest BCUT2D eigenvalue weighted by Gasteiger charge is -2.58. The van der Waals surface area contributed by atoms with Gasteiger partial charge in [0.1, 0.15) is 29.6 Å². The minimum Gasteiger partial charge on any atom is -0.508 e. The third-order valence-electron chi connectivity index (χ3n) is 14.7. The Morgan fingerprint density at radius 2 is 1.58 bits per heavy atom. The fourth-order valence-corrected chi connectivity index (χ4v) is 12.9. The van der Waals surface area contributed by atoms with Gasteiger partial charge in [0, 0.05) is 45.0 Å². The summed E-state index contributed by atoms with van der Waals surface area (Å²) in [4.78, 5) is 40.9. The van der Waals surface area contributed by atoms with Crippen LogP contribution in [0.2, 0.25) is 0 Å². The number of aromatic hydroxyl groups is 2. The number of allylic oxidation sites excluding steroid dienone is 1. The fraction of sp³-hybridized carbons (Fsp3) is 0.490. The molecule has 0 unspecified atom stereocenters. The second kappa shape index (κ2) is 16.2. The molecule has 9 rings (SSSR count). The molecule has 57 heavy (non-hydrogen) atoms. The van der Waals surface area contributed by atoms with E-state index in [0.717, 1.165) is 89.3 Å². The van der Waals surface area contributed by atoms with E-state index in [1.807, 2.05) is 30.3 Å². The van der Waals surface area contributed by atoms with Crippen LogP contribution in [0.3, 0.4) is 0 Å². The molecule has 8 heteroatoms. The first-order valence-electron chi connectivity index (χ1n) is 21.2. The minimum absolute atomic E-state index is 0.0834. The number of ether oxygens (including phenoxy) is 1. The molecule has 3 aromatic carbocycles. The zero-order chi connectivity index (χ0) is 39.9. The van der Waals surface area contributed by atoms with Crippen LogP contribution < -0.4 is 4.74 Å². The van der Waals surface area contributed by atoms with Gasteiger partial charge in [-0.1, -0.05) is 25.8 Å². The van der Waals surface area contributed by atoms with Crippen LogP contribution in [0.15, 0.2) is 78.4 Å². The van der Waals surface area contributed by atoms with Crippen molar-refractivity contribution >= 4 is 38.8 Å². The van der Waals surface area contributed by atoms with Crippen LogP contribution in [0.25, 0.3) is 20.5 Å². The van der Waals surface area contributed by atoms with E-state index in [1.165, 1.54) is 61.9 Å². The van der Waals surface area contributed by atoms with Gasteiger partial charge < -0.3 is 14.9 Å². The molecule has 4 aliphatic carbocycles. The number of likely N-dealkylation sites (tertiary alicyclic amines) is 1. The third kappa shape index (κ3) is 7.72. The molecule has 300 valence electrons. The van der Waals surface area contributed by atoms with Crippen molar-refractivity contribution in [2.75, 3.05) is 26.2 Å². The van der Waals surface area contributed by atoms with Gasteiger partial charge in [0.05, 0.1) is 0 Å².